The van der Waals surface area contributed by atoms with Crippen LogP contribution in [0.25, 0.3) is 0 Å². The van der Waals surface area contributed by atoms with Gasteiger partial charge < -0.3 is 14.6 Å². The second-order valence-electron chi connectivity index (χ2n) is 6.26. The summed E-state index contributed by atoms with van der Waals surface area (Å²) in [6.07, 6.45) is 4.97. The van der Waals surface area contributed by atoms with Gasteiger partial charge in [0.1, 0.15) is 0 Å². The molecule has 1 atom stereocenters. The van der Waals surface area contributed by atoms with E-state index in [2.05, 4.69) is 20.4 Å². The Balaban J connectivity index is 1.42. The summed E-state index contributed by atoms with van der Waals surface area (Å²) in [6, 6.07) is 0. The Labute approximate surface area is 126 Å². The van der Waals surface area contributed by atoms with E-state index in [0.29, 0.717) is 11.8 Å². The largest absolute Gasteiger partial charge is 0.383 e. The number of likely N-dealkylation sites (tertiary alicyclic amines) is 1. The minimum Gasteiger partial charge on any atom is -0.383 e. The SMILES string of the molecule is COCCNCC1CCCN(Cc2noc(C3CC3)n2)C1. The highest BCUT2D eigenvalue weighted by Gasteiger charge is 2.30. The predicted molar refractivity (Wildman–Crippen MR) is 79.0 cm³/mol. The van der Waals surface area contributed by atoms with Crippen molar-refractivity contribution in [2.24, 2.45) is 5.92 Å². The Morgan fingerprint density at radius 1 is 1.38 bits per heavy atom. The van der Waals surface area contributed by atoms with Crippen molar-refractivity contribution in [3.05, 3.63) is 11.7 Å². The molecule has 3 rings (SSSR count). The average Bonchev–Trinajstić information content (AvgIpc) is 3.25. The van der Waals surface area contributed by atoms with Crippen molar-refractivity contribution in [2.45, 2.75) is 38.1 Å². The van der Waals surface area contributed by atoms with Crippen molar-refractivity contribution < 1.29 is 9.26 Å². The van der Waals surface area contributed by atoms with E-state index in [4.69, 9.17) is 9.26 Å². The van der Waals surface area contributed by atoms with Crippen LogP contribution >= 0.6 is 0 Å². The van der Waals surface area contributed by atoms with E-state index in [9.17, 15) is 0 Å². The molecule has 6 nitrogen and oxygen atoms in total. The van der Waals surface area contributed by atoms with Crippen LogP contribution < -0.4 is 5.32 Å². The fourth-order valence-corrected chi connectivity index (χ4v) is 2.97. The van der Waals surface area contributed by atoms with E-state index >= 15 is 0 Å². The van der Waals surface area contributed by atoms with Gasteiger partial charge in [0, 0.05) is 26.1 Å². The Bertz CT molecular complexity index is 433. The van der Waals surface area contributed by atoms with Crippen molar-refractivity contribution >= 4 is 0 Å². The number of nitrogens with one attached hydrogen (secondary N) is 1. The molecule has 1 unspecified atom stereocenters. The molecule has 1 aromatic rings. The van der Waals surface area contributed by atoms with Crippen LogP contribution in [0, 0.1) is 5.92 Å². The first-order valence-corrected chi connectivity index (χ1v) is 8.09. The van der Waals surface area contributed by atoms with E-state index in [1.165, 1.54) is 25.7 Å². The molecule has 1 aliphatic carbocycles. The van der Waals surface area contributed by atoms with Crippen molar-refractivity contribution in [3.8, 4) is 0 Å². The monoisotopic (exact) mass is 294 g/mol. The molecule has 1 saturated carbocycles. The molecular formula is C15H26N4O2. The van der Waals surface area contributed by atoms with Gasteiger partial charge in [0.2, 0.25) is 5.89 Å². The molecule has 1 aliphatic heterocycles. The first kappa shape index (κ1) is 14.9. The van der Waals surface area contributed by atoms with E-state index in [1.807, 2.05) is 0 Å². The van der Waals surface area contributed by atoms with Crippen molar-refractivity contribution in [3.63, 3.8) is 0 Å². The van der Waals surface area contributed by atoms with Crippen LogP contribution in [0.5, 0.6) is 0 Å². The van der Waals surface area contributed by atoms with Gasteiger partial charge in [-0.15, -0.1) is 0 Å². The summed E-state index contributed by atoms with van der Waals surface area (Å²) in [4.78, 5) is 6.98. The Kier molecular flexibility index (Phi) is 5.22. The summed E-state index contributed by atoms with van der Waals surface area (Å²) in [7, 11) is 1.74. The highest BCUT2D eigenvalue weighted by Crippen LogP contribution is 2.38. The third-order valence-electron chi connectivity index (χ3n) is 4.29. The number of hydrogen-bond donors (Lipinski definition) is 1. The van der Waals surface area contributed by atoms with Crippen LogP contribution in [-0.4, -0.2) is 54.9 Å². The van der Waals surface area contributed by atoms with Gasteiger partial charge in [-0.05, 0) is 44.7 Å². The highest BCUT2D eigenvalue weighted by molar-refractivity contribution is 5.01. The predicted octanol–water partition coefficient (Wildman–Crippen LogP) is 1.39. The molecule has 2 heterocycles. The molecule has 1 saturated heterocycles. The van der Waals surface area contributed by atoms with Gasteiger partial charge >= 0.3 is 0 Å². The van der Waals surface area contributed by atoms with Crippen LogP contribution in [0.1, 0.15) is 43.3 Å². The molecule has 0 spiro atoms. The van der Waals surface area contributed by atoms with Crippen LogP contribution in [0.3, 0.4) is 0 Å². The van der Waals surface area contributed by atoms with E-state index in [1.54, 1.807) is 7.11 Å². The standard InChI is InChI=1S/C15H26N4O2/c1-20-8-6-16-9-12-3-2-7-19(10-12)11-14-17-15(21-18-14)13-4-5-13/h12-13,16H,2-11H2,1H3. The van der Waals surface area contributed by atoms with Gasteiger partial charge in [-0.2, -0.15) is 4.98 Å². The molecule has 0 amide bonds. The maximum absolute atomic E-state index is 5.33. The van der Waals surface area contributed by atoms with Crippen LogP contribution in [0.15, 0.2) is 4.52 Å². The second kappa shape index (κ2) is 7.33. The first-order chi connectivity index (χ1) is 10.3. The second-order valence-corrected chi connectivity index (χ2v) is 6.26. The number of piperidine rings is 1. The fourth-order valence-electron chi connectivity index (χ4n) is 2.97. The number of hydrogen-bond acceptors (Lipinski definition) is 6. The minimum absolute atomic E-state index is 0.547. The number of methoxy groups -OCH3 is 1. The molecule has 0 aromatic carbocycles. The quantitative estimate of drug-likeness (QED) is 0.731. The highest BCUT2D eigenvalue weighted by atomic mass is 16.5. The van der Waals surface area contributed by atoms with E-state index < -0.39 is 0 Å². The number of nitrogens with zero attached hydrogens (tertiary/aromatic N) is 3. The van der Waals surface area contributed by atoms with Gasteiger partial charge in [0.25, 0.3) is 0 Å². The summed E-state index contributed by atoms with van der Waals surface area (Å²) >= 11 is 0. The first-order valence-electron chi connectivity index (χ1n) is 8.09. The molecule has 0 bridgehead atoms. The Morgan fingerprint density at radius 3 is 3.10 bits per heavy atom. The maximum Gasteiger partial charge on any atom is 0.229 e. The lowest BCUT2D eigenvalue weighted by Gasteiger charge is -2.32. The zero-order valence-corrected chi connectivity index (χ0v) is 12.9. The van der Waals surface area contributed by atoms with Gasteiger partial charge in [0.05, 0.1) is 13.2 Å². The molecular weight excluding hydrogens is 268 g/mol. The summed E-state index contributed by atoms with van der Waals surface area (Å²) < 4.78 is 10.4. The van der Waals surface area contributed by atoms with Crippen molar-refractivity contribution in [2.75, 3.05) is 39.9 Å². The smallest absolute Gasteiger partial charge is 0.229 e. The normalized spacial score (nSPS) is 23.6. The topological polar surface area (TPSA) is 63.4 Å². The van der Waals surface area contributed by atoms with Gasteiger partial charge in [-0.1, -0.05) is 5.16 Å². The molecule has 6 heteroatoms. The van der Waals surface area contributed by atoms with Crippen molar-refractivity contribution in [1.29, 1.82) is 0 Å². The number of rotatable bonds is 8. The molecule has 0 radical (unpaired) electrons. The Hall–Kier alpha value is -0.980. The van der Waals surface area contributed by atoms with Gasteiger partial charge in [-0.3, -0.25) is 4.90 Å². The Morgan fingerprint density at radius 2 is 2.29 bits per heavy atom. The molecule has 2 aliphatic rings. The summed E-state index contributed by atoms with van der Waals surface area (Å²) in [6.45, 7) is 5.87. The zero-order chi connectivity index (χ0) is 14.5. The molecule has 1 N–H and O–H groups in total. The van der Waals surface area contributed by atoms with Crippen LogP contribution in [0.2, 0.25) is 0 Å². The van der Waals surface area contributed by atoms with Gasteiger partial charge in [0.15, 0.2) is 5.82 Å². The lowest BCUT2D eigenvalue weighted by atomic mass is 9.98. The average molecular weight is 294 g/mol. The molecule has 2 fully saturated rings. The summed E-state index contributed by atoms with van der Waals surface area (Å²) in [5.74, 6) is 2.96. The molecule has 21 heavy (non-hydrogen) atoms. The lowest BCUT2D eigenvalue weighted by molar-refractivity contribution is 0.155. The fraction of sp³-hybridized carbons (Fsp3) is 0.867. The molecule has 1 aromatic heterocycles. The summed E-state index contributed by atoms with van der Waals surface area (Å²) in [5.41, 5.74) is 0. The van der Waals surface area contributed by atoms with Crippen LogP contribution in [0.4, 0.5) is 0 Å². The van der Waals surface area contributed by atoms with Crippen LogP contribution in [-0.2, 0) is 11.3 Å². The van der Waals surface area contributed by atoms with Gasteiger partial charge in [-0.25, -0.2) is 0 Å². The third kappa shape index (κ3) is 4.49. The van der Waals surface area contributed by atoms with E-state index in [0.717, 1.165) is 51.0 Å². The maximum atomic E-state index is 5.33. The summed E-state index contributed by atoms with van der Waals surface area (Å²) in [5, 5.41) is 7.59. The zero-order valence-electron chi connectivity index (χ0n) is 12.9. The van der Waals surface area contributed by atoms with E-state index in [-0.39, 0.29) is 0 Å². The number of ether oxygens (including phenoxy) is 1. The molecule has 118 valence electrons. The lowest BCUT2D eigenvalue weighted by Crippen LogP contribution is -2.39. The van der Waals surface area contributed by atoms with Crippen molar-refractivity contribution in [1.82, 2.24) is 20.4 Å². The minimum atomic E-state index is 0.547. The third-order valence-corrected chi connectivity index (χ3v) is 4.29. The number of aromatic nitrogens is 2.